The Balaban J connectivity index is 0.000000403. The van der Waals surface area contributed by atoms with Gasteiger partial charge in [0, 0.05) is 110 Å². The van der Waals surface area contributed by atoms with Crippen molar-refractivity contribution in [3.05, 3.63) is 251 Å². The summed E-state index contributed by atoms with van der Waals surface area (Å²) < 4.78 is 48.4. The number of carboxylic acids is 1. The van der Waals surface area contributed by atoms with Gasteiger partial charge in [-0.15, -0.1) is 21.6 Å². The summed E-state index contributed by atoms with van der Waals surface area (Å²) in [4.78, 5) is 106. The Labute approximate surface area is 803 Å². The average molecular weight is 1980 g/mol. The van der Waals surface area contributed by atoms with E-state index >= 15 is 0 Å². The molecule has 14 N–H and O–H groups in total. The molecule has 0 aliphatic heterocycles. The van der Waals surface area contributed by atoms with Gasteiger partial charge in [-0.1, -0.05) is 105 Å². The molecule has 6 atom stereocenters. The van der Waals surface area contributed by atoms with Crippen LogP contribution in [0, 0.1) is 0 Å². The van der Waals surface area contributed by atoms with Crippen molar-refractivity contribution in [1.29, 1.82) is 0 Å². The Morgan fingerprint density at radius 1 is 0.492 bits per heavy atom. The third-order valence-electron chi connectivity index (χ3n) is 16.7. The molecule has 0 saturated heterocycles. The molecule has 6 unspecified atom stereocenters. The molecule has 3 aromatic carbocycles. The SMILES string of the molecule is C.CCOC(=O)c1cn(C)nc1-c1cc(Cl)oc1Cl.CCOC(=O)c1cn(C)nc1-c1ccoc1.Cl.Cn1cc(C(=O)NC(Cc2ccccc2)C(=O)C(N)=O)c(-c2cc(Cl)oc2Cl)n1.Cn1cc(C(=O)NC(Cc2ccccc2)C(O)C(N)=O)c(-c2cc(Cl)oc2Cl)n1.Cn1cc(C(=O)O)c(-c2cc(Cl)oc2Cl)n1.NC(=O)C(O)C(N)Cc1ccccc1.[2H]CP.[Na+].[OH-]. The number of carbonyl (C=O) groups is 9. The zero-order valence-corrected chi connectivity index (χ0v) is 78.3. The van der Waals surface area contributed by atoms with Crippen LogP contribution in [-0.2, 0) is 83.2 Å². The zero-order chi connectivity index (χ0) is 92.2. The van der Waals surface area contributed by atoms with Gasteiger partial charge in [-0.3, -0.25) is 52.2 Å². The number of halogens is 9. The van der Waals surface area contributed by atoms with Crippen molar-refractivity contribution < 1.29 is 126 Å². The second kappa shape index (κ2) is 53.4. The number of amides is 5. The molecule has 36 nitrogen and oxygen atoms in total. The van der Waals surface area contributed by atoms with Crippen molar-refractivity contribution in [1.82, 2.24) is 59.5 Å². The first-order chi connectivity index (χ1) is 59.3. The number of furan rings is 5. The summed E-state index contributed by atoms with van der Waals surface area (Å²) in [6.07, 6.45) is 8.48. The number of nitrogens with two attached hydrogens (primary N) is 4. The third-order valence-corrected chi connectivity index (χ3v) is 18.6. The van der Waals surface area contributed by atoms with E-state index in [0.29, 0.717) is 64.4 Å². The average Bonchev–Trinajstić information content (AvgIpc) is 1.48. The Hall–Kier alpha value is -10.6. The minimum Gasteiger partial charge on any atom is -0.870 e. The number of Topliss-reactive ketones (excluding diaryl/α,β-unsaturated/α-hetero) is 1. The van der Waals surface area contributed by atoms with Crippen LogP contribution in [0.2, 0.25) is 41.8 Å². The first kappa shape index (κ1) is 110. The summed E-state index contributed by atoms with van der Waals surface area (Å²) in [5.74, 6) is -6.88. The molecule has 0 fully saturated rings. The van der Waals surface area contributed by atoms with Crippen molar-refractivity contribution in [3.8, 4) is 56.3 Å². The van der Waals surface area contributed by atoms with E-state index in [1.807, 2.05) is 66.7 Å². The molecule has 0 saturated carbocycles. The van der Waals surface area contributed by atoms with Crippen LogP contribution in [0.5, 0.6) is 0 Å². The van der Waals surface area contributed by atoms with Crippen LogP contribution >= 0.6 is 114 Å². The van der Waals surface area contributed by atoms with E-state index in [0.717, 1.165) is 22.3 Å². The fourth-order valence-corrected chi connectivity index (χ4v) is 13.1. The third kappa shape index (κ3) is 31.7. The number of primary amides is 3. The summed E-state index contributed by atoms with van der Waals surface area (Å²) in [5.41, 5.74) is 28.5. The van der Waals surface area contributed by atoms with Crippen LogP contribution in [0.4, 0.5) is 0 Å². The first-order valence-corrected chi connectivity index (χ1v) is 40.0. The van der Waals surface area contributed by atoms with Crippen LogP contribution in [0.15, 0.2) is 187 Å². The number of aryl methyl sites for hydroxylation is 5. The maximum atomic E-state index is 13.0. The predicted octanol–water partition coefficient (Wildman–Crippen LogP) is 10.0. The van der Waals surface area contributed by atoms with Crippen LogP contribution < -0.4 is 63.1 Å². The van der Waals surface area contributed by atoms with Gasteiger partial charge in [0.25, 0.3) is 17.7 Å². The fourth-order valence-electron chi connectivity index (χ4n) is 11.3. The number of nitrogens with zero attached hydrogens (tertiary/aromatic N) is 10. The van der Waals surface area contributed by atoms with E-state index in [-0.39, 0.29) is 156 Å². The molecule has 5 amide bonds. The Morgan fingerprint density at radius 2 is 0.805 bits per heavy atom. The molecule has 10 heterocycles. The molecular weight excluding hydrogens is 1890 g/mol. The maximum Gasteiger partial charge on any atom is 1.00 e. The number of benzene rings is 3. The number of aliphatic hydroxyl groups excluding tert-OH is 2. The standard InChI is InChI=1S/C19H18Cl2N4O4.C19H16Cl2N4O4.C11H10Cl2N2O3.C11H12N2O3.C10H14N2O2.C9H6Cl2N2O3.CH5P.CH4.ClH.Na.H2O/c2*1-25-9-12(15(24-25)11-8-14(20)29-17(11)21)19(28)23-13(16(26)18(22)27)7-10-5-3-2-4-6-10;1-3-17-11(16)7-5-15(2)14-9(7)6-4-8(12)18-10(6)13;1-3-16-11(14)9-6-13(2)12-10(9)8-4-5-15-7-8;11-8(9(13)10(12)14)6-7-4-2-1-3-5-7;1-13-3-5(9(14)15)7(12-13)4-2-6(10)16-8(4)11;1-2;;;;/h2-6,8-9,13,16,26H,7H2,1H3,(H2,22,27)(H,23,28);2-6,8-9,13H,7H2,1H3,(H2,22,27)(H,23,28);4-5H,3H2,1-2H3;4-7H,3H2,1-2H3;1-5,8-9,13H,6,11H2,(H2,12,14);2-3H,1H3,(H,14,15);2H2,1H3;1H4;1H;;1H2/q;;;;;;;;;+1;/p-1/i;;;;;;1D;;;;. The number of hydrogen-bond acceptors (Lipinski definition) is 25. The Kier molecular flexibility index (Phi) is 45.8. The number of carboxylic acid groups (broad SMARTS) is 1. The van der Waals surface area contributed by atoms with E-state index in [9.17, 15) is 53.4 Å². The van der Waals surface area contributed by atoms with E-state index < -0.39 is 77.6 Å². The molecule has 0 aliphatic carbocycles. The normalized spacial score (nSPS) is 11.5. The number of ketones is 1. The molecular formula is C81H87Cl9N16NaO20P. The summed E-state index contributed by atoms with van der Waals surface area (Å²) in [6.45, 7) is 4.55. The molecule has 0 spiro atoms. The van der Waals surface area contributed by atoms with Crippen molar-refractivity contribution in [2.24, 2.45) is 58.2 Å². The molecule has 128 heavy (non-hydrogen) atoms. The van der Waals surface area contributed by atoms with Gasteiger partial charge in [-0.25, -0.2) is 14.4 Å². The van der Waals surface area contributed by atoms with Crippen LogP contribution in [0.3, 0.4) is 0 Å². The van der Waals surface area contributed by atoms with Gasteiger partial charge in [0.05, 0.1) is 65.2 Å². The minimum atomic E-state index is -1.58. The van der Waals surface area contributed by atoms with Gasteiger partial charge in [0.15, 0.2) is 27.0 Å². The summed E-state index contributed by atoms with van der Waals surface area (Å²) in [5, 5.41) is 54.9. The topological polar surface area (TPSA) is 546 Å². The number of carbonyl (C=O) groups excluding carboxylic acids is 8. The van der Waals surface area contributed by atoms with E-state index in [1.165, 1.54) is 61.6 Å². The summed E-state index contributed by atoms with van der Waals surface area (Å²) >= 11 is 46.7. The van der Waals surface area contributed by atoms with Gasteiger partial charge in [-0.05, 0) is 142 Å². The molecule has 680 valence electrons. The Morgan fingerprint density at radius 3 is 1.12 bits per heavy atom. The first-order valence-electron chi connectivity index (χ1n) is 36.8. The number of aromatic carboxylic acids is 1. The van der Waals surface area contributed by atoms with Crippen LogP contribution in [-0.4, -0.2) is 173 Å². The van der Waals surface area contributed by atoms with Crippen LogP contribution in [0.25, 0.3) is 56.3 Å². The number of rotatable bonds is 26. The van der Waals surface area contributed by atoms with Gasteiger partial charge >= 0.3 is 47.5 Å². The van der Waals surface area contributed by atoms with Crippen molar-refractivity contribution >= 4 is 168 Å². The van der Waals surface area contributed by atoms with Crippen molar-refractivity contribution in [2.45, 2.75) is 70.9 Å². The van der Waals surface area contributed by atoms with Gasteiger partial charge in [0.2, 0.25) is 38.5 Å². The van der Waals surface area contributed by atoms with Gasteiger partial charge < -0.3 is 85.9 Å². The minimum absolute atomic E-state index is 0. The predicted molar refractivity (Wildman–Crippen MR) is 481 cm³/mol. The fraction of sp³-hybridized carbons (Fsp3) is 0.235. The van der Waals surface area contributed by atoms with E-state index in [4.69, 9.17) is 154 Å². The number of hydrogen-bond donors (Lipinski definition) is 9. The largest absolute Gasteiger partial charge is 1.00 e. The molecule has 13 aromatic rings. The zero-order valence-electron chi connectivity index (χ0n) is 69.3. The van der Waals surface area contributed by atoms with Gasteiger partial charge in [0.1, 0.15) is 57.3 Å². The second-order valence-corrected chi connectivity index (χ2v) is 28.7. The number of nitrogens with one attached hydrogen (secondary N) is 2. The van der Waals surface area contributed by atoms with Crippen molar-refractivity contribution in [2.75, 3.05) is 19.9 Å². The quantitative estimate of drug-likeness (QED) is 0.0105. The molecule has 13 rings (SSSR count). The van der Waals surface area contributed by atoms with Crippen LogP contribution in [0.1, 0.15) is 91.1 Å². The number of esters is 2. The molecule has 0 bridgehead atoms. The number of aliphatic hydroxyl groups is 2. The molecule has 0 aliphatic rings. The Bertz CT molecular complexity index is 5850. The van der Waals surface area contributed by atoms with E-state index in [1.54, 1.807) is 109 Å². The number of aromatic nitrogens is 10. The monoisotopic (exact) mass is 1970 g/mol. The molecule has 0 radical (unpaired) electrons. The van der Waals surface area contributed by atoms with E-state index in [2.05, 4.69) is 45.4 Å². The number of ether oxygens (including phenoxy) is 2. The summed E-state index contributed by atoms with van der Waals surface area (Å²) in [7, 11) is 10.6. The second-order valence-electron chi connectivity index (χ2n) is 25.8. The summed E-state index contributed by atoms with van der Waals surface area (Å²) in [6, 6.07) is 32.3. The van der Waals surface area contributed by atoms with Crippen molar-refractivity contribution in [3.63, 3.8) is 0 Å². The van der Waals surface area contributed by atoms with Gasteiger partial charge in [-0.2, -0.15) is 25.5 Å². The smallest absolute Gasteiger partial charge is 0.870 e. The molecule has 10 aromatic heterocycles. The molecule has 47 heteroatoms. The maximum absolute atomic E-state index is 13.0.